The van der Waals surface area contributed by atoms with Crippen LogP contribution in [0.3, 0.4) is 0 Å². The largest absolute Gasteiger partial charge is 0.322 e. The van der Waals surface area contributed by atoms with Crippen LogP contribution in [0.1, 0.15) is 35.8 Å². The van der Waals surface area contributed by atoms with Crippen molar-refractivity contribution in [3.8, 4) is 0 Å². The van der Waals surface area contributed by atoms with Crippen molar-refractivity contribution in [2.45, 2.75) is 19.9 Å². The molecule has 0 fully saturated rings. The Hall–Kier alpha value is -2.13. The van der Waals surface area contributed by atoms with Crippen molar-refractivity contribution < 1.29 is 4.79 Å². The highest BCUT2D eigenvalue weighted by atomic mass is 16.1. The summed E-state index contributed by atoms with van der Waals surface area (Å²) in [7, 11) is 0. The fraction of sp³-hybridized carbons (Fsp3) is 0.235. The van der Waals surface area contributed by atoms with E-state index < -0.39 is 0 Å². The smallest absolute Gasteiger partial charge is 0.255 e. The van der Waals surface area contributed by atoms with Crippen molar-refractivity contribution in [2.24, 2.45) is 0 Å². The van der Waals surface area contributed by atoms with Crippen LogP contribution in [-0.4, -0.2) is 12.5 Å². The third-order valence-corrected chi connectivity index (χ3v) is 3.19. The quantitative estimate of drug-likeness (QED) is 0.869. The summed E-state index contributed by atoms with van der Waals surface area (Å²) >= 11 is 0. The van der Waals surface area contributed by atoms with Crippen LogP contribution in [0.4, 0.5) is 5.69 Å². The summed E-state index contributed by atoms with van der Waals surface area (Å²) in [6.45, 7) is 5.11. The lowest BCUT2D eigenvalue weighted by Crippen LogP contribution is -2.18. The van der Waals surface area contributed by atoms with E-state index in [1.54, 1.807) is 12.1 Å². The molecule has 0 heterocycles. The average molecular weight is 268 g/mol. The van der Waals surface area contributed by atoms with Crippen molar-refractivity contribution in [1.82, 2.24) is 5.32 Å². The van der Waals surface area contributed by atoms with Crippen LogP contribution >= 0.6 is 0 Å². The Morgan fingerprint density at radius 3 is 2.55 bits per heavy atom. The number of amides is 1. The first-order valence-electron chi connectivity index (χ1n) is 6.90. The maximum Gasteiger partial charge on any atom is 0.255 e. The number of rotatable bonds is 5. The molecule has 2 rings (SSSR count). The first-order chi connectivity index (χ1) is 9.70. The Morgan fingerprint density at radius 1 is 1.10 bits per heavy atom. The molecule has 0 bridgehead atoms. The lowest BCUT2D eigenvalue weighted by molar-refractivity contribution is 0.102. The first kappa shape index (κ1) is 14.3. The summed E-state index contributed by atoms with van der Waals surface area (Å²) in [5.74, 6) is -0.0844. The Morgan fingerprint density at radius 2 is 1.85 bits per heavy atom. The van der Waals surface area contributed by atoms with Gasteiger partial charge in [0.15, 0.2) is 0 Å². The molecular formula is C17H20N2O. The van der Waals surface area contributed by atoms with E-state index in [1.165, 1.54) is 0 Å². The molecular weight excluding hydrogens is 248 g/mol. The molecule has 104 valence electrons. The zero-order valence-corrected chi connectivity index (χ0v) is 11.9. The summed E-state index contributed by atoms with van der Waals surface area (Å²) in [6, 6.07) is 17.4. The third kappa shape index (κ3) is 3.68. The summed E-state index contributed by atoms with van der Waals surface area (Å²) < 4.78 is 0. The summed E-state index contributed by atoms with van der Waals surface area (Å²) in [5, 5.41) is 6.29. The normalized spacial score (nSPS) is 11.9. The zero-order chi connectivity index (χ0) is 14.4. The molecule has 1 amide bonds. The van der Waals surface area contributed by atoms with Crippen molar-refractivity contribution in [1.29, 1.82) is 0 Å². The molecule has 0 spiro atoms. The molecule has 3 heteroatoms. The number of nitrogens with one attached hydrogen (secondary N) is 2. The van der Waals surface area contributed by atoms with Crippen molar-refractivity contribution in [3.05, 3.63) is 65.7 Å². The van der Waals surface area contributed by atoms with E-state index in [0.29, 0.717) is 5.56 Å². The standard InChI is InChI=1S/C17H20N2O/c1-3-18-13(2)15-10-7-11-16(12-15)19-17(20)14-8-5-4-6-9-14/h4-13,18H,3H2,1-2H3,(H,19,20). The van der Waals surface area contributed by atoms with Crippen LogP contribution in [0.25, 0.3) is 0 Å². The number of hydrogen-bond acceptors (Lipinski definition) is 2. The van der Waals surface area contributed by atoms with E-state index >= 15 is 0 Å². The minimum absolute atomic E-state index is 0.0844. The lowest BCUT2D eigenvalue weighted by atomic mass is 10.1. The monoisotopic (exact) mass is 268 g/mol. The minimum atomic E-state index is -0.0844. The van der Waals surface area contributed by atoms with Gasteiger partial charge in [-0.05, 0) is 43.3 Å². The molecule has 3 nitrogen and oxygen atoms in total. The van der Waals surface area contributed by atoms with Gasteiger partial charge in [-0.3, -0.25) is 4.79 Å². The highest BCUT2D eigenvalue weighted by Gasteiger charge is 2.07. The molecule has 0 radical (unpaired) electrons. The lowest BCUT2D eigenvalue weighted by Gasteiger charge is -2.14. The topological polar surface area (TPSA) is 41.1 Å². The van der Waals surface area contributed by atoms with Gasteiger partial charge in [0.2, 0.25) is 0 Å². The average Bonchev–Trinajstić information content (AvgIpc) is 2.48. The fourth-order valence-corrected chi connectivity index (χ4v) is 2.10. The van der Waals surface area contributed by atoms with Gasteiger partial charge < -0.3 is 10.6 Å². The van der Waals surface area contributed by atoms with Gasteiger partial charge in [-0.1, -0.05) is 37.3 Å². The molecule has 20 heavy (non-hydrogen) atoms. The third-order valence-electron chi connectivity index (χ3n) is 3.19. The molecule has 1 unspecified atom stereocenters. The van der Waals surface area contributed by atoms with E-state index in [4.69, 9.17) is 0 Å². The number of carbonyl (C=O) groups excluding carboxylic acids is 1. The second-order valence-corrected chi connectivity index (χ2v) is 4.72. The Balaban J connectivity index is 2.10. The second kappa shape index (κ2) is 6.87. The van der Waals surface area contributed by atoms with E-state index in [-0.39, 0.29) is 11.9 Å². The van der Waals surface area contributed by atoms with Crippen LogP contribution in [-0.2, 0) is 0 Å². The van der Waals surface area contributed by atoms with Gasteiger partial charge in [0.1, 0.15) is 0 Å². The van der Waals surface area contributed by atoms with Gasteiger partial charge in [0, 0.05) is 17.3 Å². The molecule has 0 aliphatic heterocycles. The van der Waals surface area contributed by atoms with Crippen LogP contribution in [0.15, 0.2) is 54.6 Å². The van der Waals surface area contributed by atoms with Crippen LogP contribution in [0.5, 0.6) is 0 Å². The summed E-state index contributed by atoms with van der Waals surface area (Å²) in [5.41, 5.74) is 2.65. The van der Waals surface area contributed by atoms with Crippen LogP contribution in [0, 0.1) is 0 Å². The number of benzene rings is 2. The Labute approximate surface area is 120 Å². The molecule has 2 aromatic rings. The molecule has 0 aliphatic rings. The van der Waals surface area contributed by atoms with E-state index in [0.717, 1.165) is 17.8 Å². The van der Waals surface area contributed by atoms with Gasteiger partial charge in [0.05, 0.1) is 0 Å². The number of anilines is 1. The second-order valence-electron chi connectivity index (χ2n) is 4.72. The van der Waals surface area contributed by atoms with Crippen molar-refractivity contribution >= 4 is 11.6 Å². The molecule has 0 saturated carbocycles. The molecule has 2 aromatic carbocycles. The van der Waals surface area contributed by atoms with Crippen LogP contribution < -0.4 is 10.6 Å². The SMILES string of the molecule is CCNC(C)c1cccc(NC(=O)c2ccccc2)c1. The maximum absolute atomic E-state index is 12.1. The van der Waals surface area contributed by atoms with Gasteiger partial charge in [-0.15, -0.1) is 0 Å². The van der Waals surface area contributed by atoms with Crippen LogP contribution in [0.2, 0.25) is 0 Å². The minimum Gasteiger partial charge on any atom is -0.322 e. The molecule has 0 aromatic heterocycles. The first-order valence-corrected chi connectivity index (χ1v) is 6.90. The molecule has 0 aliphatic carbocycles. The van der Waals surface area contributed by atoms with Gasteiger partial charge in [0.25, 0.3) is 5.91 Å². The highest BCUT2D eigenvalue weighted by Crippen LogP contribution is 2.18. The Kier molecular flexibility index (Phi) is 4.91. The number of carbonyl (C=O) groups is 1. The van der Waals surface area contributed by atoms with Crippen molar-refractivity contribution in [2.75, 3.05) is 11.9 Å². The van der Waals surface area contributed by atoms with E-state index in [9.17, 15) is 4.79 Å². The van der Waals surface area contributed by atoms with Gasteiger partial charge >= 0.3 is 0 Å². The Bertz CT molecular complexity index is 566. The fourth-order valence-electron chi connectivity index (χ4n) is 2.10. The van der Waals surface area contributed by atoms with Gasteiger partial charge in [-0.2, -0.15) is 0 Å². The van der Waals surface area contributed by atoms with Gasteiger partial charge in [-0.25, -0.2) is 0 Å². The predicted octanol–water partition coefficient (Wildman–Crippen LogP) is 3.61. The number of hydrogen-bond donors (Lipinski definition) is 2. The molecule has 0 saturated heterocycles. The molecule has 1 atom stereocenters. The van der Waals surface area contributed by atoms with E-state index in [2.05, 4.69) is 30.5 Å². The zero-order valence-electron chi connectivity index (χ0n) is 11.9. The van der Waals surface area contributed by atoms with E-state index in [1.807, 2.05) is 36.4 Å². The van der Waals surface area contributed by atoms with Crippen molar-refractivity contribution in [3.63, 3.8) is 0 Å². The predicted molar refractivity (Wildman–Crippen MR) is 82.9 cm³/mol. The maximum atomic E-state index is 12.1. The summed E-state index contributed by atoms with van der Waals surface area (Å²) in [6.07, 6.45) is 0. The molecule has 2 N–H and O–H groups in total. The summed E-state index contributed by atoms with van der Waals surface area (Å²) in [4.78, 5) is 12.1. The highest BCUT2D eigenvalue weighted by molar-refractivity contribution is 6.04.